The van der Waals surface area contributed by atoms with E-state index < -0.39 is 0 Å². The summed E-state index contributed by atoms with van der Waals surface area (Å²) in [4.78, 5) is 17.8. The summed E-state index contributed by atoms with van der Waals surface area (Å²) in [6.45, 7) is 5.26. The number of aromatic nitrogens is 1. The van der Waals surface area contributed by atoms with Gasteiger partial charge >= 0.3 is 0 Å². The Morgan fingerprint density at radius 1 is 1.18 bits per heavy atom. The average Bonchev–Trinajstić information content (AvgIpc) is 3.69. The predicted molar refractivity (Wildman–Crippen MR) is 139 cm³/mol. The SMILES string of the molecule is CCCC(CCC)CNc1c(C(=O)C2CC2)cnc2ccc(-c3cc(O)c(N)c(OC)c3)cc12. The number of hydrogen-bond acceptors (Lipinski definition) is 6. The van der Waals surface area contributed by atoms with Gasteiger partial charge in [-0.05, 0) is 67.0 Å². The smallest absolute Gasteiger partial charge is 0.169 e. The Labute approximate surface area is 201 Å². The fourth-order valence-electron chi connectivity index (χ4n) is 4.67. The van der Waals surface area contributed by atoms with Crippen molar-refractivity contribution in [2.45, 2.75) is 52.4 Å². The first kappa shape index (κ1) is 23.9. The van der Waals surface area contributed by atoms with Gasteiger partial charge in [-0.1, -0.05) is 32.8 Å². The zero-order valence-corrected chi connectivity index (χ0v) is 20.4. The van der Waals surface area contributed by atoms with Gasteiger partial charge in [0.2, 0.25) is 0 Å². The third-order valence-electron chi connectivity index (χ3n) is 6.72. The summed E-state index contributed by atoms with van der Waals surface area (Å²) in [7, 11) is 1.53. The fraction of sp³-hybridized carbons (Fsp3) is 0.429. The van der Waals surface area contributed by atoms with Gasteiger partial charge in [-0.15, -0.1) is 0 Å². The number of carbonyl (C=O) groups is 1. The van der Waals surface area contributed by atoms with E-state index in [1.807, 2.05) is 24.3 Å². The number of nitrogen functional groups attached to an aromatic ring is 1. The molecule has 1 saturated carbocycles. The maximum absolute atomic E-state index is 13.1. The van der Waals surface area contributed by atoms with E-state index in [-0.39, 0.29) is 23.1 Å². The average molecular weight is 462 g/mol. The number of Topliss-reactive ketones (excluding diaryl/α,β-unsaturated/α-hetero) is 1. The number of nitrogens with two attached hydrogens (primary N) is 1. The summed E-state index contributed by atoms with van der Waals surface area (Å²) in [5.74, 6) is 1.25. The molecule has 1 aromatic heterocycles. The van der Waals surface area contributed by atoms with Gasteiger partial charge in [0.25, 0.3) is 0 Å². The summed E-state index contributed by atoms with van der Waals surface area (Å²) in [6, 6.07) is 9.40. The van der Waals surface area contributed by atoms with E-state index in [9.17, 15) is 9.90 Å². The van der Waals surface area contributed by atoms with Gasteiger partial charge in [0, 0.05) is 24.0 Å². The highest BCUT2D eigenvalue weighted by Crippen LogP contribution is 2.40. The number of nitrogens with one attached hydrogen (secondary N) is 1. The number of phenolic OH excluding ortho intramolecular Hbond substituents is 1. The van der Waals surface area contributed by atoms with Gasteiger partial charge in [-0.2, -0.15) is 0 Å². The number of hydrogen-bond donors (Lipinski definition) is 3. The number of phenols is 1. The van der Waals surface area contributed by atoms with E-state index in [2.05, 4.69) is 24.1 Å². The number of ketones is 1. The number of aromatic hydroxyl groups is 1. The summed E-state index contributed by atoms with van der Waals surface area (Å²) in [5.41, 5.74) is 10.2. The number of ether oxygens (including phenoxy) is 1. The molecule has 4 rings (SSSR count). The quantitative estimate of drug-likeness (QED) is 0.173. The number of fused-ring (bicyclic) bond motifs is 1. The van der Waals surface area contributed by atoms with Crippen LogP contribution in [-0.4, -0.2) is 29.5 Å². The highest BCUT2D eigenvalue weighted by atomic mass is 16.5. The molecule has 180 valence electrons. The topological polar surface area (TPSA) is 97.5 Å². The zero-order valence-electron chi connectivity index (χ0n) is 20.4. The predicted octanol–water partition coefficient (Wildman–Crippen LogP) is 6.42. The van der Waals surface area contributed by atoms with Gasteiger partial charge in [-0.25, -0.2) is 0 Å². The van der Waals surface area contributed by atoms with Gasteiger partial charge in [0.05, 0.1) is 23.9 Å². The molecule has 3 aromatic rings. The van der Waals surface area contributed by atoms with Crippen molar-refractivity contribution in [3.63, 3.8) is 0 Å². The third kappa shape index (κ3) is 4.96. The summed E-state index contributed by atoms with van der Waals surface area (Å²) in [5, 5.41) is 14.9. The highest BCUT2D eigenvalue weighted by molar-refractivity contribution is 6.10. The van der Waals surface area contributed by atoms with E-state index >= 15 is 0 Å². The lowest BCUT2D eigenvalue weighted by Crippen LogP contribution is -2.17. The van der Waals surface area contributed by atoms with Crippen LogP contribution in [0.2, 0.25) is 0 Å². The van der Waals surface area contributed by atoms with E-state index in [0.29, 0.717) is 17.2 Å². The van der Waals surface area contributed by atoms with Crippen molar-refractivity contribution < 1.29 is 14.6 Å². The molecule has 1 aliphatic rings. The summed E-state index contributed by atoms with van der Waals surface area (Å²) < 4.78 is 5.34. The maximum atomic E-state index is 13.1. The first-order chi connectivity index (χ1) is 16.5. The van der Waals surface area contributed by atoms with Crippen molar-refractivity contribution in [3.8, 4) is 22.6 Å². The second-order valence-electron chi connectivity index (χ2n) is 9.35. The number of rotatable bonds is 11. The minimum Gasteiger partial charge on any atom is -0.506 e. The van der Waals surface area contributed by atoms with Crippen molar-refractivity contribution >= 4 is 28.1 Å². The molecule has 6 nitrogen and oxygen atoms in total. The molecule has 0 unspecified atom stereocenters. The molecule has 1 aliphatic carbocycles. The molecule has 1 fully saturated rings. The van der Waals surface area contributed by atoms with Crippen LogP contribution in [0.25, 0.3) is 22.0 Å². The lowest BCUT2D eigenvalue weighted by atomic mass is 9.96. The van der Waals surface area contributed by atoms with Crippen LogP contribution in [0.3, 0.4) is 0 Å². The van der Waals surface area contributed by atoms with Gasteiger partial charge in [-0.3, -0.25) is 9.78 Å². The van der Waals surface area contributed by atoms with Crippen molar-refractivity contribution in [2.24, 2.45) is 11.8 Å². The Bertz CT molecular complexity index is 1180. The molecular weight excluding hydrogens is 426 g/mol. The van der Waals surface area contributed by atoms with Crippen molar-refractivity contribution in [1.82, 2.24) is 4.98 Å². The van der Waals surface area contributed by atoms with Gasteiger partial charge in [0.15, 0.2) is 5.78 Å². The zero-order chi connectivity index (χ0) is 24.2. The molecule has 6 heteroatoms. The van der Waals surface area contributed by atoms with Crippen LogP contribution in [0.4, 0.5) is 11.4 Å². The molecule has 0 aliphatic heterocycles. The number of anilines is 2. The summed E-state index contributed by atoms with van der Waals surface area (Å²) >= 11 is 0. The largest absolute Gasteiger partial charge is 0.506 e. The molecule has 1 heterocycles. The highest BCUT2D eigenvalue weighted by Gasteiger charge is 2.32. The van der Waals surface area contributed by atoms with Gasteiger partial charge in [0.1, 0.15) is 17.2 Å². The standard InChI is InChI=1S/C28H35N3O3/c1-4-6-17(7-5-2)15-31-27-21-12-19(20-13-24(32)26(29)25(14-20)34-3)10-11-23(21)30-16-22(27)28(33)18-8-9-18/h10-14,16-18,32H,4-9,15,29H2,1-3H3,(H,30,31). The minimum atomic E-state index is -0.0226. The van der Waals surface area contributed by atoms with E-state index in [1.165, 1.54) is 7.11 Å². The number of methoxy groups -OCH3 is 1. The molecule has 0 radical (unpaired) electrons. The fourth-order valence-corrected chi connectivity index (χ4v) is 4.67. The Hall–Kier alpha value is -3.28. The van der Waals surface area contributed by atoms with Crippen LogP contribution in [0.1, 0.15) is 62.7 Å². The van der Waals surface area contributed by atoms with Crippen molar-refractivity contribution in [2.75, 3.05) is 24.7 Å². The normalized spacial score (nSPS) is 13.4. The first-order valence-electron chi connectivity index (χ1n) is 12.3. The molecule has 0 saturated heterocycles. The lowest BCUT2D eigenvalue weighted by Gasteiger charge is -2.20. The van der Waals surface area contributed by atoms with Crippen LogP contribution < -0.4 is 15.8 Å². The number of carbonyl (C=O) groups excluding carboxylic acids is 1. The van der Waals surface area contributed by atoms with Gasteiger partial charge < -0.3 is 20.9 Å². The number of benzene rings is 2. The molecule has 4 N–H and O–H groups in total. The van der Waals surface area contributed by atoms with Crippen LogP contribution in [0.15, 0.2) is 36.5 Å². The third-order valence-corrected chi connectivity index (χ3v) is 6.72. The molecule has 0 atom stereocenters. The molecule has 0 spiro atoms. The molecule has 34 heavy (non-hydrogen) atoms. The number of nitrogens with zero attached hydrogens (tertiary/aromatic N) is 1. The molecule has 0 bridgehead atoms. The Morgan fingerprint density at radius 2 is 1.91 bits per heavy atom. The Kier molecular flexibility index (Phi) is 7.25. The van der Waals surface area contributed by atoms with Crippen molar-refractivity contribution in [3.05, 3.63) is 42.1 Å². The monoisotopic (exact) mass is 461 g/mol. The summed E-state index contributed by atoms with van der Waals surface area (Å²) in [6.07, 6.45) is 8.24. The Morgan fingerprint density at radius 3 is 2.56 bits per heavy atom. The van der Waals surface area contributed by atoms with E-state index in [0.717, 1.165) is 72.8 Å². The molecule has 2 aromatic carbocycles. The van der Waals surface area contributed by atoms with Crippen molar-refractivity contribution in [1.29, 1.82) is 0 Å². The maximum Gasteiger partial charge on any atom is 0.169 e. The van der Waals surface area contributed by atoms with Crippen LogP contribution in [-0.2, 0) is 0 Å². The van der Waals surface area contributed by atoms with E-state index in [1.54, 1.807) is 12.3 Å². The van der Waals surface area contributed by atoms with E-state index in [4.69, 9.17) is 10.5 Å². The molecule has 0 amide bonds. The van der Waals surface area contributed by atoms with Crippen LogP contribution >= 0.6 is 0 Å². The molecular formula is C28H35N3O3. The second kappa shape index (κ2) is 10.3. The van der Waals surface area contributed by atoms with Crippen LogP contribution in [0.5, 0.6) is 11.5 Å². The Balaban J connectivity index is 1.80. The lowest BCUT2D eigenvalue weighted by molar-refractivity contribution is 0.0968. The number of pyridine rings is 1. The minimum absolute atomic E-state index is 0.0226. The second-order valence-corrected chi connectivity index (χ2v) is 9.35. The first-order valence-corrected chi connectivity index (χ1v) is 12.3. The van der Waals surface area contributed by atoms with Crippen LogP contribution in [0, 0.1) is 11.8 Å².